The number of rotatable bonds is 4. The standard InChI is InChI=1S/C14H23N3O2/c1-4-6-12-13(14(18)19-3)15-16-17(12)11-8-5-7-10(2)9-11/h10-11H,4-9H2,1-3H3. The topological polar surface area (TPSA) is 57.0 Å². The quantitative estimate of drug-likeness (QED) is 0.785. The van der Waals surface area contributed by atoms with Gasteiger partial charge in [0.25, 0.3) is 0 Å². The molecule has 19 heavy (non-hydrogen) atoms. The number of methoxy groups -OCH3 is 1. The molecule has 0 radical (unpaired) electrons. The van der Waals surface area contributed by atoms with Crippen LogP contribution in [0.15, 0.2) is 0 Å². The van der Waals surface area contributed by atoms with Crippen LogP contribution in [0.3, 0.4) is 0 Å². The van der Waals surface area contributed by atoms with Crippen LogP contribution in [0, 0.1) is 5.92 Å². The van der Waals surface area contributed by atoms with Gasteiger partial charge in [-0.05, 0) is 25.2 Å². The number of aromatic nitrogens is 3. The highest BCUT2D eigenvalue weighted by molar-refractivity contribution is 5.88. The molecule has 1 fully saturated rings. The van der Waals surface area contributed by atoms with Crippen LogP contribution in [0.2, 0.25) is 0 Å². The van der Waals surface area contributed by atoms with Crippen LogP contribution >= 0.6 is 0 Å². The number of hydrogen-bond donors (Lipinski definition) is 0. The number of carbonyl (C=O) groups excluding carboxylic acids is 1. The monoisotopic (exact) mass is 265 g/mol. The van der Waals surface area contributed by atoms with Crippen molar-refractivity contribution in [2.45, 2.75) is 58.4 Å². The molecule has 5 heteroatoms. The van der Waals surface area contributed by atoms with Gasteiger partial charge in [-0.2, -0.15) is 0 Å². The number of carbonyl (C=O) groups is 1. The van der Waals surface area contributed by atoms with Gasteiger partial charge in [0.1, 0.15) is 0 Å². The number of hydrogen-bond acceptors (Lipinski definition) is 4. The van der Waals surface area contributed by atoms with Gasteiger partial charge in [0.05, 0.1) is 18.8 Å². The molecule has 2 unspecified atom stereocenters. The zero-order valence-corrected chi connectivity index (χ0v) is 12.1. The lowest BCUT2D eigenvalue weighted by molar-refractivity contribution is 0.0592. The Morgan fingerprint density at radius 1 is 1.47 bits per heavy atom. The summed E-state index contributed by atoms with van der Waals surface area (Å²) >= 11 is 0. The summed E-state index contributed by atoms with van der Waals surface area (Å²) in [5.74, 6) is 0.345. The van der Waals surface area contributed by atoms with E-state index in [4.69, 9.17) is 4.74 Å². The summed E-state index contributed by atoms with van der Waals surface area (Å²) < 4.78 is 6.77. The number of nitrogens with zero attached hydrogens (tertiary/aromatic N) is 3. The summed E-state index contributed by atoms with van der Waals surface area (Å²) in [7, 11) is 1.39. The van der Waals surface area contributed by atoms with Gasteiger partial charge in [-0.3, -0.25) is 0 Å². The summed E-state index contributed by atoms with van der Waals surface area (Å²) in [6.07, 6.45) is 6.57. The van der Waals surface area contributed by atoms with Crippen LogP contribution in [-0.4, -0.2) is 28.1 Å². The average molecular weight is 265 g/mol. The van der Waals surface area contributed by atoms with E-state index in [1.807, 2.05) is 4.68 Å². The lowest BCUT2D eigenvalue weighted by Gasteiger charge is -2.27. The molecule has 0 aliphatic heterocycles. The third kappa shape index (κ3) is 2.96. The third-order valence-corrected chi connectivity index (χ3v) is 3.91. The molecule has 0 bridgehead atoms. The van der Waals surface area contributed by atoms with E-state index >= 15 is 0 Å². The Morgan fingerprint density at radius 2 is 2.26 bits per heavy atom. The summed E-state index contributed by atoms with van der Waals surface area (Å²) in [6.45, 7) is 4.38. The second kappa shape index (κ2) is 6.17. The lowest BCUT2D eigenvalue weighted by atomic mass is 9.87. The molecular formula is C14H23N3O2. The van der Waals surface area contributed by atoms with Crippen molar-refractivity contribution in [1.82, 2.24) is 15.0 Å². The summed E-state index contributed by atoms with van der Waals surface area (Å²) in [5, 5.41) is 8.27. The minimum absolute atomic E-state index is 0.376. The Bertz CT molecular complexity index is 442. The second-order valence-electron chi connectivity index (χ2n) is 5.50. The van der Waals surface area contributed by atoms with E-state index in [0.29, 0.717) is 11.7 Å². The molecule has 0 aromatic carbocycles. The smallest absolute Gasteiger partial charge is 0.360 e. The van der Waals surface area contributed by atoms with Crippen molar-refractivity contribution >= 4 is 5.97 Å². The Morgan fingerprint density at radius 3 is 2.89 bits per heavy atom. The number of esters is 1. The largest absolute Gasteiger partial charge is 0.464 e. The van der Waals surface area contributed by atoms with Crippen LogP contribution in [-0.2, 0) is 11.2 Å². The molecule has 2 atom stereocenters. The first-order valence-electron chi connectivity index (χ1n) is 7.19. The maximum Gasteiger partial charge on any atom is 0.360 e. The van der Waals surface area contributed by atoms with Gasteiger partial charge in [0.2, 0.25) is 0 Å². The van der Waals surface area contributed by atoms with Crippen molar-refractivity contribution in [3.8, 4) is 0 Å². The molecule has 0 N–H and O–H groups in total. The van der Waals surface area contributed by atoms with Crippen molar-refractivity contribution in [2.24, 2.45) is 5.92 Å². The SMILES string of the molecule is CCCc1c(C(=O)OC)nnn1C1CCCC(C)C1. The maximum absolute atomic E-state index is 11.7. The fourth-order valence-electron chi connectivity index (χ4n) is 2.96. The first-order valence-corrected chi connectivity index (χ1v) is 7.19. The van der Waals surface area contributed by atoms with E-state index in [1.165, 1.54) is 20.0 Å². The summed E-state index contributed by atoms with van der Waals surface area (Å²) in [5.41, 5.74) is 1.33. The van der Waals surface area contributed by atoms with E-state index < -0.39 is 0 Å². The molecule has 1 saturated carbocycles. The van der Waals surface area contributed by atoms with Gasteiger partial charge in [-0.25, -0.2) is 9.48 Å². The summed E-state index contributed by atoms with van der Waals surface area (Å²) in [4.78, 5) is 11.7. The summed E-state index contributed by atoms with van der Waals surface area (Å²) in [6, 6.07) is 0.385. The van der Waals surface area contributed by atoms with Crippen molar-refractivity contribution in [3.05, 3.63) is 11.4 Å². The fourth-order valence-corrected chi connectivity index (χ4v) is 2.96. The van der Waals surface area contributed by atoms with Gasteiger partial charge in [-0.15, -0.1) is 5.10 Å². The van der Waals surface area contributed by atoms with Crippen LogP contribution < -0.4 is 0 Å². The van der Waals surface area contributed by atoms with Gasteiger partial charge >= 0.3 is 5.97 Å². The Hall–Kier alpha value is -1.39. The molecule has 0 saturated heterocycles. The molecular weight excluding hydrogens is 242 g/mol. The maximum atomic E-state index is 11.7. The van der Waals surface area contributed by atoms with Crippen molar-refractivity contribution in [1.29, 1.82) is 0 Å². The molecule has 5 nitrogen and oxygen atoms in total. The highest BCUT2D eigenvalue weighted by Crippen LogP contribution is 2.33. The molecule has 1 aromatic heterocycles. The van der Waals surface area contributed by atoms with E-state index in [0.717, 1.165) is 37.3 Å². The predicted octanol–water partition coefficient (Wildman–Crippen LogP) is 2.77. The number of ether oxygens (including phenoxy) is 1. The van der Waals surface area contributed by atoms with Crippen molar-refractivity contribution < 1.29 is 9.53 Å². The minimum atomic E-state index is -0.376. The molecule has 1 heterocycles. The molecule has 0 amide bonds. The van der Waals surface area contributed by atoms with Gasteiger partial charge < -0.3 is 4.74 Å². The average Bonchev–Trinajstić information content (AvgIpc) is 2.82. The van der Waals surface area contributed by atoms with Gasteiger partial charge in [0, 0.05) is 0 Å². The first-order chi connectivity index (χ1) is 9.17. The Kier molecular flexibility index (Phi) is 4.56. The van der Waals surface area contributed by atoms with Crippen molar-refractivity contribution in [3.63, 3.8) is 0 Å². The van der Waals surface area contributed by atoms with Crippen LogP contribution in [0.4, 0.5) is 0 Å². The van der Waals surface area contributed by atoms with E-state index in [9.17, 15) is 4.79 Å². The predicted molar refractivity (Wildman–Crippen MR) is 72.0 cm³/mol. The molecule has 106 valence electrons. The zero-order chi connectivity index (χ0) is 13.8. The fraction of sp³-hybridized carbons (Fsp3) is 0.786. The normalized spacial score (nSPS) is 23.3. The zero-order valence-electron chi connectivity index (χ0n) is 12.1. The second-order valence-corrected chi connectivity index (χ2v) is 5.50. The minimum Gasteiger partial charge on any atom is -0.464 e. The highest BCUT2D eigenvalue weighted by Gasteiger charge is 2.27. The van der Waals surface area contributed by atoms with Crippen LogP contribution in [0.25, 0.3) is 0 Å². The van der Waals surface area contributed by atoms with E-state index in [1.54, 1.807) is 0 Å². The van der Waals surface area contributed by atoms with Crippen LogP contribution in [0.5, 0.6) is 0 Å². The van der Waals surface area contributed by atoms with Gasteiger partial charge in [-0.1, -0.05) is 38.3 Å². The third-order valence-electron chi connectivity index (χ3n) is 3.91. The molecule has 1 aliphatic carbocycles. The van der Waals surface area contributed by atoms with E-state index in [-0.39, 0.29) is 5.97 Å². The Balaban J connectivity index is 2.28. The van der Waals surface area contributed by atoms with Crippen LogP contribution in [0.1, 0.15) is 68.2 Å². The van der Waals surface area contributed by atoms with E-state index in [2.05, 4.69) is 24.2 Å². The molecule has 1 aromatic rings. The molecule has 2 rings (SSSR count). The molecule has 1 aliphatic rings. The highest BCUT2D eigenvalue weighted by atomic mass is 16.5. The van der Waals surface area contributed by atoms with Gasteiger partial charge in [0.15, 0.2) is 5.69 Å². The van der Waals surface area contributed by atoms with Crippen molar-refractivity contribution in [2.75, 3.05) is 7.11 Å². The lowest BCUT2D eigenvalue weighted by Crippen LogP contribution is -2.21. The molecule has 0 spiro atoms. The Labute approximate surface area is 114 Å². The first kappa shape index (κ1) is 14.0.